The number of anilines is 1. The molecule has 7 heteroatoms. The quantitative estimate of drug-likeness (QED) is 0.599. The minimum atomic E-state index is -0.535. The van der Waals surface area contributed by atoms with E-state index in [9.17, 15) is 14.9 Å². The van der Waals surface area contributed by atoms with Gasteiger partial charge in [-0.15, -0.1) is 0 Å². The third-order valence-corrected chi connectivity index (χ3v) is 2.84. The van der Waals surface area contributed by atoms with Crippen LogP contribution in [-0.4, -0.2) is 43.2 Å². The van der Waals surface area contributed by atoms with Crippen molar-refractivity contribution in [3.63, 3.8) is 0 Å². The molecule has 0 bridgehead atoms. The Morgan fingerprint density at radius 1 is 1.50 bits per heavy atom. The molecule has 20 heavy (non-hydrogen) atoms. The second-order valence-corrected chi connectivity index (χ2v) is 4.85. The van der Waals surface area contributed by atoms with Gasteiger partial charge >= 0.3 is 0 Å². The van der Waals surface area contributed by atoms with Crippen molar-refractivity contribution in [2.24, 2.45) is 5.92 Å². The fourth-order valence-electron chi connectivity index (χ4n) is 1.64. The number of non-ortho nitro benzene ring substituents is 1. The van der Waals surface area contributed by atoms with Crippen LogP contribution >= 0.6 is 0 Å². The molecule has 0 spiro atoms. The molecule has 1 atom stereocenters. The molecular weight excluding hydrogens is 262 g/mol. The number of carbonyl (C=O) groups excluding carboxylic acids is 1. The molecule has 1 rings (SSSR count). The molecule has 2 N–H and O–H groups in total. The molecule has 110 valence electrons. The molecular formula is C13H19N3O4. The number of hydrogen-bond acceptors (Lipinski definition) is 5. The first kappa shape index (κ1) is 15.9. The SMILES string of the molecule is CC(CO)CNC(=O)c1cc([N+](=O)[O-])ccc1N(C)C. The van der Waals surface area contributed by atoms with E-state index in [-0.39, 0.29) is 23.8 Å². The van der Waals surface area contributed by atoms with Crippen LogP contribution in [0.5, 0.6) is 0 Å². The van der Waals surface area contributed by atoms with Crippen molar-refractivity contribution in [1.29, 1.82) is 0 Å². The summed E-state index contributed by atoms with van der Waals surface area (Å²) in [5, 5.41) is 22.4. The van der Waals surface area contributed by atoms with Crippen LogP contribution < -0.4 is 10.2 Å². The Morgan fingerprint density at radius 3 is 2.65 bits per heavy atom. The number of carbonyl (C=O) groups is 1. The van der Waals surface area contributed by atoms with Crippen LogP contribution in [-0.2, 0) is 0 Å². The van der Waals surface area contributed by atoms with E-state index in [4.69, 9.17) is 5.11 Å². The maximum absolute atomic E-state index is 12.1. The first-order valence-corrected chi connectivity index (χ1v) is 6.21. The monoisotopic (exact) mass is 281 g/mol. The van der Waals surface area contributed by atoms with E-state index in [2.05, 4.69) is 5.32 Å². The van der Waals surface area contributed by atoms with Crippen LogP contribution in [0.4, 0.5) is 11.4 Å². The van der Waals surface area contributed by atoms with Crippen molar-refractivity contribution in [1.82, 2.24) is 5.32 Å². The fraction of sp³-hybridized carbons (Fsp3) is 0.462. The lowest BCUT2D eigenvalue weighted by molar-refractivity contribution is -0.384. The number of benzene rings is 1. The highest BCUT2D eigenvalue weighted by Gasteiger charge is 2.18. The average molecular weight is 281 g/mol. The van der Waals surface area contributed by atoms with Gasteiger partial charge in [0.25, 0.3) is 11.6 Å². The first-order chi connectivity index (χ1) is 9.36. The van der Waals surface area contributed by atoms with Gasteiger partial charge in [0, 0.05) is 45.1 Å². The number of nitro benzene ring substituents is 1. The van der Waals surface area contributed by atoms with Gasteiger partial charge in [0.15, 0.2) is 0 Å². The molecule has 0 saturated heterocycles. The first-order valence-electron chi connectivity index (χ1n) is 6.21. The van der Waals surface area contributed by atoms with Gasteiger partial charge < -0.3 is 15.3 Å². The highest BCUT2D eigenvalue weighted by Crippen LogP contribution is 2.24. The topological polar surface area (TPSA) is 95.7 Å². The molecule has 7 nitrogen and oxygen atoms in total. The Morgan fingerprint density at radius 2 is 2.15 bits per heavy atom. The molecule has 1 aromatic rings. The Balaban J connectivity index is 3.03. The van der Waals surface area contributed by atoms with Gasteiger partial charge in [0.2, 0.25) is 0 Å². The second kappa shape index (κ2) is 6.85. The number of nitro groups is 1. The predicted molar refractivity (Wildman–Crippen MR) is 76.0 cm³/mol. The maximum Gasteiger partial charge on any atom is 0.270 e. The summed E-state index contributed by atoms with van der Waals surface area (Å²) in [5.74, 6) is -0.460. The largest absolute Gasteiger partial charge is 0.396 e. The summed E-state index contributed by atoms with van der Waals surface area (Å²) in [5.41, 5.74) is 0.718. The maximum atomic E-state index is 12.1. The number of nitrogens with zero attached hydrogens (tertiary/aromatic N) is 2. The normalized spacial score (nSPS) is 11.8. The minimum Gasteiger partial charge on any atom is -0.396 e. The van der Waals surface area contributed by atoms with Crippen molar-refractivity contribution in [3.05, 3.63) is 33.9 Å². The highest BCUT2D eigenvalue weighted by molar-refractivity contribution is 6.00. The highest BCUT2D eigenvalue weighted by atomic mass is 16.6. The standard InChI is InChI=1S/C13H19N3O4/c1-9(8-17)7-14-13(18)11-6-10(16(19)20)4-5-12(11)15(2)3/h4-6,9,17H,7-8H2,1-3H3,(H,14,18). The number of rotatable bonds is 6. The summed E-state index contributed by atoms with van der Waals surface area (Å²) in [6.45, 7) is 2.07. The van der Waals surface area contributed by atoms with Gasteiger partial charge in [0.05, 0.1) is 10.5 Å². The van der Waals surface area contributed by atoms with Crippen molar-refractivity contribution in [2.75, 3.05) is 32.1 Å². The number of hydrogen-bond donors (Lipinski definition) is 2. The zero-order valence-corrected chi connectivity index (χ0v) is 11.8. The van der Waals surface area contributed by atoms with Crippen LogP contribution in [0.25, 0.3) is 0 Å². The summed E-state index contributed by atoms with van der Waals surface area (Å²) < 4.78 is 0. The summed E-state index contributed by atoms with van der Waals surface area (Å²) in [4.78, 5) is 24.1. The van der Waals surface area contributed by atoms with E-state index in [1.54, 1.807) is 32.0 Å². The second-order valence-electron chi connectivity index (χ2n) is 4.85. The van der Waals surface area contributed by atoms with Gasteiger partial charge in [0.1, 0.15) is 0 Å². The molecule has 1 aromatic carbocycles. The lowest BCUT2D eigenvalue weighted by atomic mass is 10.1. The Labute approximate surface area is 117 Å². The van der Waals surface area contributed by atoms with Crippen molar-refractivity contribution < 1.29 is 14.8 Å². The fourth-order valence-corrected chi connectivity index (χ4v) is 1.64. The summed E-state index contributed by atoms with van der Waals surface area (Å²) in [6, 6.07) is 4.17. The van der Waals surface area contributed by atoms with E-state index in [1.165, 1.54) is 12.1 Å². The molecule has 1 unspecified atom stereocenters. The lowest BCUT2D eigenvalue weighted by Gasteiger charge is -2.17. The van der Waals surface area contributed by atoms with Gasteiger partial charge in [-0.3, -0.25) is 14.9 Å². The van der Waals surface area contributed by atoms with E-state index in [1.807, 2.05) is 0 Å². The Hall–Kier alpha value is -2.15. The molecule has 0 saturated carbocycles. The van der Waals surface area contributed by atoms with Crippen LogP contribution in [0.3, 0.4) is 0 Å². The molecule has 0 aliphatic rings. The molecule has 0 aliphatic carbocycles. The average Bonchev–Trinajstić information content (AvgIpc) is 2.43. The van der Waals surface area contributed by atoms with Crippen molar-refractivity contribution in [3.8, 4) is 0 Å². The minimum absolute atomic E-state index is 0.0320. The molecule has 0 heterocycles. The van der Waals surface area contributed by atoms with E-state index >= 15 is 0 Å². The van der Waals surface area contributed by atoms with E-state index < -0.39 is 10.8 Å². The Kier molecular flexibility index (Phi) is 5.45. The van der Waals surface area contributed by atoms with Crippen LogP contribution in [0, 0.1) is 16.0 Å². The van der Waals surface area contributed by atoms with Crippen LogP contribution in [0.15, 0.2) is 18.2 Å². The van der Waals surface area contributed by atoms with E-state index in [0.29, 0.717) is 12.2 Å². The van der Waals surface area contributed by atoms with Gasteiger partial charge in [-0.2, -0.15) is 0 Å². The molecule has 1 amide bonds. The van der Waals surface area contributed by atoms with Crippen LogP contribution in [0.2, 0.25) is 0 Å². The van der Waals surface area contributed by atoms with Gasteiger partial charge in [-0.05, 0) is 12.0 Å². The predicted octanol–water partition coefficient (Wildman–Crippen LogP) is 1.02. The third-order valence-electron chi connectivity index (χ3n) is 2.84. The number of aliphatic hydroxyl groups is 1. The van der Waals surface area contributed by atoms with E-state index in [0.717, 1.165) is 0 Å². The van der Waals surface area contributed by atoms with Crippen molar-refractivity contribution >= 4 is 17.3 Å². The zero-order chi connectivity index (χ0) is 15.3. The van der Waals surface area contributed by atoms with Crippen molar-refractivity contribution in [2.45, 2.75) is 6.92 Å². The molecule has 0 aliphatic heterocycles. The van der Waals surface area contributed by atoms with Gasteiger partial charge in [-0.25, -0.2) is 0 Å². The van der Waals surface area contributed by atoms with Crippen LogP contribution in [0.1, 0.15) is 17.3 Å². The zero-order valence-electron chi connectivity index (χ0n) is 11.8. The summed E-state index contributed by atoms with van der Waals surface area (Å²) in [6.07, 6.45) is 0. The third kappa shape index (κ3) is 3.92. The molecule has 0 radical (unpaired) electrons. The van der Waals surface area contributed by atoms with Gasteiger partial charge in [-0.1, -0.05) is 6.92 Å². The number of amides is 1. The summed E-state index contributed by atoms with van der Waals surface area (Å²) in [7, 11) is 3.52. The summed E-state index contributed by atoms with van der Waals surface area (Å²) >= 11 is 0. The smallest absolute Gasteiger partial charge is 0.270 e. The Bertz CT molecular complexity index is 502. The molecule has 0 aromatic heterocycles. The number of nitrogens with one attached hydrogen (secondary N) is 1. The molecule has 0 fully saturated rings. The lowest BCUT2D eigenvalue weighted by Crippen LogP contribution is -2.30. The number of aliphatic hydroxyl groups excluding tert-OH is 1.